The number of hydrogen-bond donors (Lipinski definition) is 2. The second kappa shape index (κ2) is 6.99. The molecule has 1 aromatic heterocycles. The van der Waals surface area contributed by atoms with Gasteiger partial charge in [-0.3, -0.25) is 4.79 Å². The van der Waals surface area contributed by atoms with Gasteiger partial charge in [0.25, 0.3) is 5.91 Å². The molecular weight excluding hydrogens is 266 g/mol. The van der Waals surface area contributed by atoms with Gasteiger partial charge in [-0.25, -0.2) is 0 Å². The van der Waals surface area contributed by atoms with E-state index in [9.17, 15) is 4.79 Å². The van der Waals surface area contributed by atoms with Crippen LogP contribution in [-0.4, -0.2) is 27.2 Å². The summed E-state index contributed by atoms with van der Waals surface area (Å²) in [5.41, 5.74) is 7.18. The second-order valence-corrected chi connectivity index (χ2v) is 5.19. The summed E-state index contributed by atoms with van der Waals surface area (Å²) in [5, 5.41) is 10.9. The Morgan fingerprint density at radius 3 is 2.67 bits per heavy atom. The maximum Gasteiger partial charge on any atom is 0.251 e. The Hall–Kier alpha value is -2.21. The van der Waals surface area contributed by atoms with E-state index in [1.807, 2.05) is 16.7 Å². The van der Waals surface area contributed by atoms with Gasteiger partial charge in [-0.2, -0.15) is 0 Å². The number of carbonyl (C=O) groups is 1. The third kappa shape index (κ3) is 3.88. The van der Waals surface area contributed by atoms with Crippen molar-refractivity contribution in [2.45, 2.75) is 32.9 Å². The molecule has 2 rings (SSSR count). The molecule has 0 atom stereocenters. The van der Waals surface area contributed by atoms with E-state index < -0.39 is 0 Å². The SMILES string of the molecule is CC(C)c1nncn1CCNC(=O)c1ccc(CN)cc1. The summed E-state index contributed by atoms with van der Waals surface area (Å²) in [4.78, 5) is 12.0. The second-order valence-electron chi connectivity index (χ2n) is 5.19. The number of aromatic nitrogens is 3. The predicted octanol–water partition coefficient (Wildman–Crippen LogP) is 1.29. The number of hydrogen-bond acceptors (Lipinski definition) is 4. The zero-order valence-electron chi connectivity index (χ0n) is 12.4. The molecule has 0 aliphatic rings. The minimum absolute atomic E-state index is 0.0854. The highest BCUT2D eigenvalue weighted by atomic mass is 16.1. The van der Waals surface area contributed by atoms with E-state index in [4.69, 9.17) is 5.73 Å². The van der Waals surface area contributed by atoms with E-state index in [1.54, 1.807) is 18.5 Å². The third-order valence-electron chi connectivity index (χ3n) is 3.25. The van der Waals surface area contributed by atoms with Crippen LogP contribution in [0.25, 0.3) is 0 Å². The molecule has 6 nitrogen and oxygen atoms in total. The van der Waals surface area contributed by atoms with Gasteiger partial charge < -0.3 is 15.6 Å². The minimum Gasteiger partial charge on any atom is -0.350 e. The molecule has 0 saturated heterocycles. The zero-order chi connectivity index (χ0) is 15.2. The fourth-order valence-electron chi connectivity index (χ4n) is 2.07. The summed E-state index contributed by atoms with van der Waals surface area (Å²) in [6, 6.07) is 7.31. The van der Waals surface area contributed by atoms with Crippen LogP contribution in [-0.2, 0) is 13.1 Å². The number of nitrogens with two attached hydrogens (primary N) is 1. The number of carbonyl (C=O) groups excluding carboxylic acids is 1. The molecule has 3 N–H and O–H groups in total. The third-order valence-corrected chi connectivity index (χ3v) is 3.25. The van der Waals surface area contributed by atoms with Crippen LogP contribution in [0.4, 0.5) is 0 Å². The Balaban J connectivity index is 1.87. The predicted molar refractivity (Wildman–Crippen MR) is 80.8 cm³/mol. The Morgan fingerprint density at radius 1 is 1.33 bits per heavy atom. The molecule has 6 heteroatoms. The molecule has 0 bridgehead atoms. The summed E-state index contributed by atoms with van der Waals surface area (Å²) in [6.45, 7) is 5.81. The van der Waals surface area contributed by atoms with Crippen molar-refractivity contribution in [3.63, 3.8) is 0 Å². The minimum atomic E-state index is -0.0854. The van der Waals surface area contributed by atoms with Crippen molar-refractivity contribution in [2.75, 3.05) is 6.54 Å². The van der Waals surface area contributed by atoms with Gasteiger partial charge in [0.05, 0.1) is 0 Å². The van der Waals surface area contributed by atoms with E-state index in [2.05, 4.69) is 29.4 Å². The van der Waals surface area contributed by atoms with Gasteiger partial charge in [-0.1, -0.05) is 26.0 Å². The fourth-order valence-corrected chi connectivity index (χ4v) is 2.07. The van der Waals surface area contributed by atoms with E-state index in [0.717, 1.165) is 11.4 Å². The van der Waals surface area contributed by atoms with E-state index >= 15 is 0 Å². The quantitative estimate of drug-likeness (QED) is 0.838. The lowest BCUT2D eigenvalue weighted by Gasteiger charge is -2.10. The Morgan fingerprint density at radius 2 is 2.05 bits per heavy atom. The van der Waals surface area contributed by atoms with Gasteiger partial charge in [0, 0.05) is 31.1 Å². The highest BCUT2D eigenvalue weighted by molar-refractivity contribution is 5.94. The molecular formula is C15H21N5O. The molecule has 0 unspecified atom stereocenters. The normalized spacial score (nSPS) is 10.9. The Bertz CT molecular complexity index is 588. The average Bonchev–Trinajstić information content (AvgIpc) is 2.96. The van der Waals surface area contributed by atoms with Crippen molar-refractivity contribution < 1.29 is 4.79 Å². The van der Waals surface area contributed by atoms with Gasteiger partial charge in [0.1, 0.15) is 12.2 Å². The standard InChI is InChI=1S/C15H21N5O/c1-11(2)14-19-18-10-20(14)8-7-17-15(21)13-5-3-12(9-16)4-6-13/h3-6,10-11H,7-9,16H2,1-2H3,(H,17,21). The average molecular weight is 287 g/mol. The van der Waals surface area contributed by atoms with E-state index in [1.165, 1.54) is 0 Å². The van der Waals surface area contributed by atoms with Crippen LogP contribution in [0.5, 0.6) is 0 Å². The van der Waals surface area contributed by atoms with Crippen LogP contribution in [0, 0.1) is 0 Å². The first-order valence-corrected chi connectivity index (χ1v) is 7.06. The topological polar surface area (TPSA) is 85.8 Å². The van der Waals surface area contributed by atoms with Crippen molar-refractivity contribution in [1.82, 2.24) is 20.1 Å². The maximum absolute atomic E-state index is 12.0. The van der Waals surface area contributed by atoms with Crippen LogP contribution >= 0.6 is 0 Å². The van der Waals surface area contributed by atoms with Crippen molar-refractivity contribution in [3.05, 3.63) is 47.5 Å². The molecule has 0 radical (unpaired) electrons. The van der Waals surface area contributed by atoms with Crippen molar-refractivity contribution >= 4 is 5.91 Å². The molecule has 1 amide bonds. The molecule has 1 aromatic carbocycles. The fraction of sp³-hybridized carbons (Fsp3) is 0.400. The summed E-state index contributed by atoms with van der Waals surface area (Å²) >= 11 is 0. The van der Waals surface area contributed by atoms with Gasteiger partial charge in [0.2, 0.25) is 0 Å². The van der Waals surface area contributed by atoms with Gasteiger partial charge >= 0.3 is 0 Å². The summed E-state index contributed by atoms with van der Waals surface area (Å²) < 4.78 is 1.96. The first kappa shape index (κ1) is 15.2. The smallest absolute Gasteiger partial charge is 0.251 e. The van der Waals surface area contributed by atoms with Crippen LogP contribution in [0.3, 0.4) is 0 Å². The molecule has 21 heavy (non-hydrogen) atoms. The molecule has 0 aliphatic carbocycles. The lowest BCUT2D eigenvalue weighted by atomic mass is 10.1. The van der Waals surface area contributed by atoms with Crippen LogP contribution in [0.2, 0.25) is 0 Å². The van der Waals surface area contributed by atoms with Crippen molar-refractivity contribution in [1.29, 1.82) is 0 Å². The molecule has 0 fully saturated rings. The summed E-state index contributed by atoms with van der Waals surface area (Å²) in [5.74, 6) is 1.15. The monoisotopic (exact) mass is 287 g/mol. The molecule has 0 spiro atoms. The van der Waals surface area contributed by atoms with Crippen molar-refractivity contribution in [3.8, 4) is 0 Å². The summed E-state index contributed by atoms with van der Waals surface area (Å²) in [6.07, 6.45) is 1.69. The zero-order valence-corrected chi connectivity index (χ0v) is 12.4. The number of benzene rings is 1. The Kier molecular flexibility index (Phi) is 5.05. The largest absolute Gasteiger partial charge is 0.350 e. The van der Waals surface area contributed by atoms with Gasteiger partial charge in [-0.05, 0) is 17.7 Å². The molecule has 1 heterocycles. The number of rotatable bonds is 6. The number of amides is 1. The lowest BCUT2D eigenvalue weighted by Crippen LogP contribution is -2.27. The highest BCUT2D eigenvalue weighted by Gasteiger charge is 2.09. The van der Waals surface area contributed by atoms with Crippen LogP contribution in [0.1, 0.15) is 41.5 Å². The van der Waals surface area contributed by atoms with Crippen LogP contribution in [0.15, 0.2) is 30.6 Å². The molecule has 2 aromatic rings. The number of nitrogens with zero attached hydrogens (tertiary/aromatic N) is 3. The highest BCUT2D eigenvalue weighted by Crippen LogP contribution is 2.09. The Labute approximate surface area is 124 Å². The lowest BCUT2D eigenvalue weighted by molar-refractivity contribution is 0.0952. The van der Waals surface area contributed by atoms with Gasteiger partial charge in [-0.15, -0.1) is 10.2 Å². The molecule has 112 valence electrons. The van der Waals surface area contributed by atoms with Crippen LogP contribution < -0.4 is 11.1 Å². The van der Waals surface area contributed by atoms with Gasteiger partial charge in [0.15, 0.2) is 0 Å². The van der Waals surface area contributed by atoms with E-state index in [0.29, 0.717) is 31.1 Å². The molecule has 0 saturated carbocycles. The van der Waals surface area contributed by atoms with E-state index in [-0.39, 0.29) is 5.91 Å². The first-order valence-electron chi connectivity index (χ1n) is 7.06. The first-order chi connectivity index (χ1) is 10.1. The molecule has 0 aliphatic heterocycles. The number of nitrogens with one attached hydrogen (secondary N) is 1. The summed E-state index contributed by atoms with van der Waals surface area (Å²) in [7, 11) is 0. The van der Waals surface area contributed by atoms with Crippen molar-refractivity contribution in [2.24, 2.45) is 5.73 Å². The maximum atomic E-state index is 12.0.